The Morgan fingerprint density at radius 2 is 2.07 bits per heavy atom. The van der Waals surface area contributed by atoms with E-state index in [4.69, 9.17) is 9.97 Å². The predicted octanol–water partition coefficient (Wildman–Crippen LogP) is 3.28. The quantitative estimate of drug-likeness (QED) is 0.753. The second-order valence-corrected chi connectivity index (χ2v) is 8.20. The number of hydrogen-bond acceptors (Lipinski definition) is 6. The van der Waals surface area contributed by atoms with E-state index in [1.165, 1.54) is 16.9 Å². The summed E-state index contributed by atoms with van der Waals surface area (Å²) in [6.45, 7) is 2.02. The Hall–Kier alpha value is -2.54. The van der Waals surface area contributed by atoms with Gasteiger partial charge in [-0.25, -0.2) is 9.97 Å². The van der Waals surface area contributed by atoms with E-state index < -0.39 is 0 Å². The first-order valence-corrected chi connectivity index (χ1v) is 10.4. The van der Waals surface area contributed by atoms with Crippen molar-refractivity contribution in [2.75, 3.05) is 25.0 Å². The summed E-state index contributed by atoms with van der Waals surface area (Å²) in [6.07, 6.45) is 9.11. The van der Waals surface area contributed by atoms with Crippen LogP contribution in [0.25, 0.3) is 21.6 Å². The lowest BCUT2D eigenvalue weighted by molar-refractivity contribution is -0.128. The summed E-state index contributed by atoms with van der Waals surface area (Å²) >= 11 is 1.76. The minimum Gasteiger partial charge on any atom is -0.360 e. The molecule has 1 fully saturated rings. The van der Waals surface area contributed by atoms with Gasteiger partial charge in [0.15, 0.2) is 5.82 Å². The van der Waals surface area contributed by atoms with E-state index in [1.807, 2.05) is 17.0 Å². The van der Waals surface area contributed by atoms with Gasteiger partial charge in [-0.2, -0.15) is 0 Å². The van der Waals surface area contributed by atoms with Crippen LogP contribution in [0.4, 0.5) is 5.82 Å². The number of anilines is 1. The summed E-state index contributed by atoms with van der Waals surface area (Å²) in [7, 11) is 0. The van der Waals surface area contributed by atoms with Gasteiger partial charge in [0.2, 0.25) is 5.91 Å². The molecule has 4 heterocycles. The fraction of sp³-hybridized carbons (Fsp3) is 0.400. The van der Waals surface area contributed by atoms with Crippen molar-refractivity contribution in [1.82, 2.24) is 19.9 Å². The number of pyridine rings is 1. The van der Waals surface area contributed by atoms with Crippen LogP contribution in [0.2, 0.25) is 0 Å². The molecule has 0 atom stereocenters. The number of nitrogens with one attached hydrogen (secondary N) is 1. The number of carbonyl (C=O) groups is 1. The smallest absolute Gasteiger partial charge is 0.241 e. The van der Waals surface area contributed by atoms with Crippen molar-refractivity contribution in [3.05, 3.63) is 35.0 Å². The van der Waals surface area contributed by atoms with Gasteiger partial charge in [0.05, 0.1) is 11.9 Å². The molecule has 6 nitrogen and oxygen atoms in total. The molecule has 0 unspecified atom stereocenters. The number of thiophene rings is 1. The second-order valence-electron chi connectivity index (χ2n) is 7.12. The van der Waals surface area contributed by atoms with Crippen molar-refractivity contribution >= 4 is 33.3 Å². The maximum Gasteiger partial charge on any atom is 0.241 e. The van der Waals surface area contributed by atoms with E-state index in [-0.39, 0.29) is 12.5 Å². The first kappa shape index (κ1) is 16.6. The number of amides is 1. The van der Waals surface area contributed by atoms with Crippen LogP contribution >= 0.6 is 11.3 Å². The molecule has 1 amide bonds. The molecule has 1 aliphatic carbocycles. The van der Waals surface area contributed by atoms with Gasteiger partial charge in [0.1, 0.15) is 10.6 Å². The lowest BCUT2D eigenvalue weighted by Gasteiger charge is -2.16. The second kappa shape index (κ2) is 6.88. The number of hydrogen-bond donors (Lipinski definition) is 1. The summed E-state index contributed by atoms with van der Waals surface area (Å²) in [5.41, 5.74) is 2.26. The van der Waals surface area contributed by atoms with Gasteiger partial charge in [0, 0.05) is 35.9 Å². The third-order valence-electron chi connectivity index (χ3n) is 5.35. The molecule has 2 aliphatic rings. The first-order valence-electron chi connectivity index (χ1n) is 9.54. The Morgan fingerprint density at radius 3 is 2.89 bits per heavy atom. The van der Waals surface area contributed by atoms with Crippen molar-refractivity contribution in [2.24, 2.45) is 0 Å². The SMILES string of the molecule is O=C(CNc1nc(-c2cccnc2)nc2sc3c(c12)CCC3)N1CCCC1. The van der Waals surface area contributed by atoms with Crippen LogP contribution in [-0.4, -0.2) is 45.4 Å². The summed E-state index contributed by atoms with van der Waals surface area (Å²) in [5.74, 6) is 1.59. The van der Waals surface area contributed by atoms with Gasteiger partial charge in [0.25, 0.3) is 0 Å². The zero-order valence-electron chi connectivity index (χ0n) is 15.1. The molecule has 27 heavy (non-hydrogen) atoms. The van der Waals surface area contributed by atoms with Crippen LogP contribution in [0.1, 0.15) is 29.7 Å². The molecule has 3 aromatic rings. The van der Waals surface area contributed by atoms with Crippen molar-refractivity contribution in [3.8, 4) is 11.4 Å². The van der Waals surface area contributed by atoms with E-state index in [0.717, 1.165) is 60.4 Å². The number of likely N-dealkylation sites (tertiary alicyclic amines) is 1. The van der Waals surface area contributed by atoms with Crippen LogP contribution in [0, 0.1) is 0 Å². The number of nitrogens with zero attached hydrogens (tertiary/aromatic N) is 4. The highest BCUT2D eigenvalue weighted by Gasteiger charge is 2.24. The number of fused-ring (bicyclic) bond motifs is 3. The molecule has 0 spiro atoms. The average Bonchev–Trinajstić information content (AvgIpc) is 3.43. The van der Waals surface area contributed by atoms with E-state index in [1.54, 1.807) is 23.7 Å². The standard InChI is InChI=1S/C20H21N5OS/c26-16(25-9-1-2-10-25)12-22-19-17-14-6-3-7-15(14)27-20(17)24-18(23-19)13-5-4-8-21-11-13/h4-5,8,11H,1-3,6-7,9-10,12H2,(H,22,23,24). The summed E-state index contributed by atoms with van der Waals surface area (Å²) in [4.78, 5) is 30.6. The molecule has 1 N–H and O–H groups in total. The molecular weight excluding hydrogens is 358 g/mol. The molecular formula is C20H21N5OS. The highest BCUT2D eigenvalue weighted by Crippen LogP contribution is 2.40. The van der Waals surface area contributed by atoms with E-state index in [0.29, 0.717) is 5.82 Å². The summed E-state index contributed by atoms with van der Waals surface area (Å²) in [6, 6.07) is 3.86. The van der Waals surface area contributed by atoms with Crippen LogP contribution in [-0.2, 0) is 17.6 Å². The van der Waals surface area contributed by atoms with Crippen molar-refractivity contribution < 1.29 is 4.79 Å². The van der Waals surface area contributed by atoms with Crippen molar-refractivity contribution in [1.29, 1.82) is 0 Å². The minimum atomic E-state index is 0.147. The van der Waals surface area contributed by atoms with Crippen LogP contribution in [0.3, 0.4) is 0 Å². The molecule has 3 aromatic heterocycles. The van der Waals surface area contributed by atoms with E-state index in [2.05, 4.69) is 10.3 Å². The van der Waals surface area contributed by atoms with Crippen LogP contribution in [0.15, 0.2) is 24.5 Å². The number of carbonyl (C=O) groups excluding carboxylic acids is 1. The lowest BCUT2D eigenvalue weighted by Crippen LogP contribution is -2.33. The Morgan fingerprint density at radius 1 is 1.19 bits per heavy atom. The normalized spacial score (nSPS) is 16.1. The highest BCUT2D eigenvalue weighted by atomic mass is 32.1. The average molecular weight is 379 g/mol. The minimum absolute atomic E-state index is 0.147. The van der Waals surface area contributed by atoms with E-state index in [9.17, 15) is 4.79 Å². The molecule has 1 aliphatic heterocycles. The Bertz CT molecular complexity index is 995. The summed E-state index contributed by atoms with van der Waals surface area (Å²) < 4.78 is 0. The molecule has 0 aromatic carbocycles. The third-order valence-corrected chi connectivity index (χ3v) is 6.54. The van der Waals surface area contributed by atoms with Crippen LogP contribution in [0.5, 0.6) is 0 Å². The zero-order valence-corrected chi connectivity index (χ0v) is 15.9. The molecule has 5 rings (SSSR count). The van der Waals surface area contributed by atoms with Gasteiger partial charge in [-0.3, -0.25) is 9.78 Å². The maximum atomic E-state index is 12.5. The predicted molar refractivity (Wildman–Crippen MR) is 107 cm³/mol. The highest BCUT2D eigenvalue weighted by molar-refractivity contribution is 7.19. The largest absolute Gasteiger partial charge is 0.360 e. The van der Waals surface area contributed by atoms with Gasteiger partial charge >= 0.3 is 0 Å². The van der Waals surface area contributed by atoms with E-state index >= 15 is 0 Å². The first-order chi connectivity index (χ1) is 13.3. The molecule has 0 saturated carbocycles. The van der Waals surface area contributed by atoms with Gasteiger partial charge < -0.3 is 10.2 Å². The Balaban J connectivity index is 1.53. The molecule has 0 bridgehead atoms. The fourth-order valence-corrected chi connectivity index (χ4v) is 5.25. The van der Waals surface area contributed by atoms with Gasteiger partial charge in [-0.05, 0) is 49.8 Å². The fourth-order valence-electron chi connectivity index (χ4n) is 3.99. The van der Waals surface area contributed by atoms with Gasteiger partial charge in [-0.15, -0.1) is 11.3 Å². The van der Waals surface area contributed by atoms with Crippen molar-refractivity contribution in [2.45, 2.75) is 32.1 Å². The summed E-state index contributed by atoms with van der Waals surface area (Å²) in [5, 5.41) is 4.44. The molecule has 0 radical (unpaired) electrons. The number of aryl methyl sites for hydroxylation is 2. The molecule has 7 heteroatoms. The molecule has 138 valence electrons. The third kappa shape index (κ3) is 3.06. The molecule has 1 saturated heterocycles. The zero-order chi connectivity index (χ0) is 18.2. The Kier molecular flexibility index (Phi) is 4.24. The maximum absolute atomic E-state index is 12.5. The number of aromatic nitrogens is 3. The van der Waals surface area contributed by atoms with Crippen LogP contribution < -0.4 is 5.32 Å². The Labute approximate surface area is 161 Å². The number of rotatable bonds is 4. The van der Waals surface area contributed by atoms with Crippen molar-refractivity contribution in [3.63, 3.8) is 0 Å². The monoisotopic (exact) mass is 379 g/mol. The topological polar surface area (TPSA) is 71.0 Å². The lowest BCUT2D eigenvalue weighted by atomic mass is 10.2. The van der Waals surface area contributed by atoms with Gasteiger partial charge in [-0.1, -0.05) is 0 Å².